The number of hydrogen-bond donors (Lipinski definition) is 2. The first-order chi connectivity index (χ1) is 11.0. The maximum Gasteiger partial charge on any atom is 0.337 e. The molecular weight excluding hydrogens is 298 g/mol. The molecule has 0 heterocycles. The molecule has 1 aromatic carbocycles. The molecule has 23 heavy (non-hydrogen) atoms. The summed E-state index contributed by atoms with van der Waals surface area (Å²) in [7, 11) is 1.30. The highest BCUT2D eigenvalue weighted by Gasteiger charge is 2.53. The highest BCUT2D eigenvalue weighted by Crippen LogP contribution is 2.52. The van der Waals surface area contributed by atoms with Gasteiger partial charge < -0.3 is 15.2 Å². The molecule has 4 atom stereocenters. The highest BCUT2D eigenvalue weighted by molar-refractivity contribution is 5.96. The number of carboxylic acid groups (broad SMARTS) is 1. The molecule has 6 nitrogen and oxygen atoms in total. The van der Waals surface area contributed by atoms with Crippen molar-refractivity contribution >= 4 is 23.5 Å². The predicted octanol–water partition coefficient (Wildman–Crippen LogP) is 2.16. The monoisotopic (exact) mass is 317 g/mol. The summed E-state index contributed by atoms with van der Waals surface area (Å²) >= 11 is 0. The van der Waals surface area contributed by atoms with Gasteiger partial charge in [-0.25, -0.2) is 4.79 Å². The second kappa shape index (κ2) is 6.02. The Kier molecular flexibility index (Phi) is 4.07. The summed E-state index contributed by atoms with van der Waals surface area (Å²) in [6.07, 6.45) is 2.66. The molecule has 2 saturated carbocycles. The Hall–Kier alpha value is -2.37. The number of fused-ring (bicyclic) bond motifs is 2. The molecule has 1 aromatic rings. The maximum absolute atomic E-state index is 12.5. The Morgan fingerprint density at radius 1 is 1.09 bits per heavy atom. The second-order valence-corrected chi connectivity index (χ2v) is 6.28. The summed E-state index contributed by atoms with van der Waals surface area (Å²) in [5.74, 6) is -2.32. The zero-order valence-electron chi connectivity index (χ0n) is 12.8. The molecular formula is C17H19NO5. The van der Waals surface area contributed by atoms with E-state index in [4.69, 9.17) is 0 Å². The summed E-state index contributed by atoms with van der Waals surface area (Å²) in [6.45, 7) is 0. The summed E-state index contributed by atoms with van der Waals surface area (Å²) in [5.41, 5.74) is 0.948. The van der Waals surface area contributed by atoms with Crippen LogP contribution in [-0.4, -0.2) is 30.1 Å². The molecule has 0 saturated heterocycles. The summed E-state index contributed by atoms with van der Waals surface area (Å²) in [5, 5.41) is 12.2. The van der Waals surface area contributed by atoms with Crippen LogP contribution in [0.1, 0.15) is 29.6 Å². The number of methoxy groups -OCH3 is 1. The number of ether oxygens (including phenoxy) is 1. The Bertz CT molecular complexity index is 639. The first-order valence-electron chi connectivity index (χ1n) is 7.73. The minimum atomic E-state index is -0.876. The number of benzene rings is 1. The number of carbonyl (C=O) groups is 3. The van der Waals surface area contributed by atoms with Crippen molar-refractivity contribution in [2.24, 2.45) is 23.7 Å². The van der Waals surface area contributed by atoms with Crippen molar-refractivity contribution in [2.75, 3.05) is 12.4 Å². The van der Waals surface area contributed by atoms with Gasteiger partial charge in [-0.05, 0) is 55.4 Å². The standard InChI is InChI=1S/C17H19NO5/c1-23-17(22)9-4-6-12(7-5-9)18-15(19)13-10-2-3-11(8-10)14(13)16(20)21/h4-7,10-11,13-14H,2-3,8H2,1H3,(H,18,19)(H,20,21)/t10-,11+,13+,14+/m1/s1. The number of carboxylic acids is 1. The third kappa shape index (κ3) is 2.81. The molecule has 2 N–H and O–H groups in total. The van der Waals surface area contributed by atoms with Crippen LogP contribution < -0.4 is 5.32 Å². The van der Waals surface area contributed by atoms with E-state index in [1.165, 1.54) is 7.11 Å². The van der Waals surface area contributed by atoms with E-state index in [0.29, 0.717) is 11.3 Å². The normalized spacial score (nSPS) is 28.4. The van der Waals surface area contributed by atoms with Gasteiger partial charge in [0.1, 0.15) is 0 Å². The number of aliphatic carboxylic acids is 1. The first kappa shape index (κ1) is 15.5. The summed E-state index contributed by atoms with van der Waals surface area (Å²) < 4.78 is 4.62. The minimum Gasteiger partial charge on any atom is -0.481 e. The number of anilines is 1. The van der Waals surface area contributed by atoms with Crippen molar-refractivity contribution in [2.45, 2.75) is 19.3 Å². The average Bonchev–Trinajstić information content (AvgIpc) is 3.15. The summed E-state index contributed by atoms with van der Waals surface area (Å²) in [4.78, 5) is 35.4. The Morgan fingerprint density at radius 3 is 2.26 bits per heavy atom. The number of hydrogen-bond acceptors (Lipinski definition) is 4. The van der Waals surface area contributed by atoms with E-state index in [9.17, 15) is 19.5 Å². The van der Waals surface area contributed by atoms with E-state index < -0.39 is 23.8 Å². The Labute approximate surface area is 133 Å². The molecule has 2 bridgehead atoms. The van der Waals surface area contributed by atoms with Crippen LogP contribution in [0.25, 0.3) is 0 Å². The van der Waals surface area contributed by atoms with E-state index in [0.717, 1.165) is 19.3 Å². The van der Waals surface area contributed by atoms with Gasteiger partial charge in [0.2, 0.25) is 5.91 Å². The molecule has 2 fully saturated rings. The zero-order valence-corrected chi connectivity index (χ0v) is 12.8. The van der Waals surface area contributed by atoms with Crippen LogP contribution in [0, 0.1) is 23.7 Å². The van der Waals surface area contributed by atoms with Gasteiger partial charge in [0.15, 0.2) is 0 Å². The molecule has 1 amide bonds. The van der Waals surface area contributed by atoms with Crippen molar-refractivity contribution in [1.82, 2.24) is 0 Å². The van der Waals surface area contributed by atoms with Crippen LogP contribution in [0.15, 0.2) is 24.3 Å². The molecule has 0 unspecified atom stereocenters. The maximum atomic E-state index is 12.5. The molecule has 6 heteroatoms. The predicted molar refractivity (Wildman–Crippen MR) is 81.9 cm³/mol. The molecule has 0 aliphatic heterocycles. The van der Waals surface area contributed by atoms with Gasteiger partial charge in [0.25, 0.3) is 0 Å². The Balaban J connectivity index is 1.71. The largest absolute Gasteiger partial charge is 0.481 e. The third-order valence-corrected chi connectivity index (χ3v) is 5.08. The fourth-order valence-corrected chi connectivity index (χ4v) is 4.06. The zero-order chi connectivity index (χ0) is 16.6. The number of carbonyl (C=O) groups excluding carboxylic acids is 2. The van der Waals surface area contributed by atoms with Gasteiger partial charge in [-0.1, -0.05) is 0 Å². The topological polar surface area (TPSA) is 92.7 Å². The third-order valence-electron chi connectivity index (χ3n) is 5.08. The van der Waals surface area contributed by atoms with E-state index >= 15 is 0 Å². The van der Waals surface area contributed by atoms with E-state index in [2.05, 4.69) is 10.1 Å². The van der Waals surface area contributed by atoms with Crippen molar-refractivity contribution in [3.8, 4) is 0 Å². The lowest BCUT2D eigenvalue weighted by molar-refractivity contribution is -0.148. The number of amides is 1. The van der Waals surface area contributed by atoms with Crippen LogP contribution in [0.3, 0.4) is 0 Å². The van der Waals surface area contributed by atoms with Crippen molar-refractivity contribution in [1.29, 1.82) is 0 Å². The fourth-order valence-electron chi connectivity index (χ4n) is 4.06. The molecule has 3 rings (SSSR count). The lowest BCUT2D eigenvalue weighted by Crippen LogP contribution is -2.37. The van der Waals surface area contributed by atoms with E-state index in [-0.39, 0.29) is 17.7 Å². The van der Waals surface area contributed by atoms with Gasteiger partial charge in [-0.2, -0.15) is 0 Å². The average molecular weight is 317 g/mol. The minimum absolute atomic E-state index is 0.120. The number of esters is 1. The van der Waals surface area contributed by atoms with Crippen LogP contribution in [-0.2, 0) is 14.3 Å². The molecule has 0 spiro atoms. The van der Waals surface area contributed by atoms with Crippen molar-refractivity contribution in [3.05, 3.63) is 29.8 Å². The molecule has 2 aliphatic rings. The van der Waals surface area contributed by atoms with Gasteiger partial charge in [0.05, 0.1) is 24.5 Å². The smallest absolute Gasteiger partial charge is 0.337 e. The SMILES string of the molecule is COC(=O)c1ccc(NC(=O)[C@H]2[C@@H]3CC[C@@H](C3)[C@@H]2C(=O)O)cc1. The first-order valence-corrected chi connectivity index (χ1v) is 7.73. The molecule has 0 aromatic heterocycles. The van der Waals surface area contributed by atoms with Gasteiger partial charge in [0, 0.05) is 5.69 Å². The van der Waals surface area contributed by atoms with Crippen molar-refractivity contribution < 1.29 is 24.2 Å². The number of rotatable bonds is 4. The highest BCUT2D eigenvalue weighted by atomic mass is 16.5. The van der Waals surface area contributed by atoms with Gasteiger partial charge in [-0.3, -0.25) is 9.59 Å². The Morgan fingerprint density at radius 2 is 1.70 bits per heavy atom. The molecule has 0 radical (unpaired) electrons. The molecule has 122 valence electrons. The van der Waals surface area contributed by atoms with Crippen LogP contribution in [0.5, 0.6) is 0 Å². The van der Waals surface area contributed by atoms with E-state index in [1.54, 1.807) is 24.3 Å². The van der Waals surface area contributed by atoms with Crippen LogP contribution in [0.2, 0.25) is 0 Å². The second-order valence-electron chi connectivity index (χ2n) is 6.28. The van der Waals surface area contributed by atoms with E-state index in [1.807, 2.05) is 0 Å². The van der Waals surface area contributed by atoms with Crippen LogP contribution in [0.4, 0.5) is 5.69 Å². The van der Waals surface area contributed by atoms with Crippen molar-refractivity contribution in [3.63, 3.8) is 0 Å². The van der Waals surface area contributed by atoms with Gasteiger partial charge >= 0.3 is 11.9 Å². The van der Waals surface area contributed by atoms with Gasteiger partial charge in [-0.15, -0.1) is 0 Å². The number of nitrogens with one attached hydrogen (secondary N) is 1. The summed E-state index contributed by atoms with van der Waals surface area (Å²) in [6, 6.07) is 6.37. The quantitative estimate of drug-likeness (QED) is 0.830. The van der Waals surface area contributed by atoms with Crippen LogP contribution >= 0.6 is 0 Å². The lowest BCUT2D eigenvalue weighted by Gasteiger charge is -2.27. The lowest BCUT2D eigenvalue weighted by atomic mass is 9.78. The molecule has 2 aliphatic carbocycles. The fraction of sp³-hybridized carbons (Fsp3) is 0.471.